The van der Waals surface area contributed by atoms with E-state index in [2.05, 4.69) is 10.9 Å². The predicted molar refractivity (Wildman–Crippen MR) is 95.0 cm³/mol. The Balaban J connectivity index is 1.50. The van der Waals surface area contributed by atoms with E-state index in [1.165, 1.54) is 6.07 Å². The molecule has 2 aromatic carbocycles. The molecule has 1 aliphatic rings. The van der Waals surface area contributed by atoms with Gasteiger partial charge in [-0.05, 0) is 36.4 Å². The van der Waals surface area contributed by atoms with Gasteiger partial charge in [0.2, 0.25) is 0 Å². The Kier molecular flexibility index (Phi) is 5.70. The van der Waals surface area contributed by atoms with E-state index in [1.54, 1.807) is 30.3 Å². The number of benzene rings is 2. The zero-order chi connectivity index (χ0) is 18.5. The highest BCUT2D eigenvalue weighted by atomic mass is 35.5. The lowest BCUT2D eigenvalue weighted by Gasteiger charge is -2.18. The molecule has 1 aliphatic heterocycles. The second-order valence-corrected chi connectivity index (χ2v) is 6.07. The molecule has 1 heterocycles. The number of fused-ring (bicyclic) bond motifs is 1. The molecule has 0 saturated carbocycles. The van der Waals surface area contributed by atoms with Crippen LogP contribution < -0.4 is 25.1 Å². The number of ether oxygens (including phenoxy) is 3. The van der Waals surface area contributed by atoms with Crippen LogP contribution in [-0.2, 0) is 4.79 Å². The maximum absolute atomic E-state index is 12.1. The van der Waals surface area contributed by atoms with Crippen molar-refractivity contribution in [2.24, 2.45) is 0 Å². The normalized spacial score (nSPS) is 12.2. The first-order valence-electron chi connectivity index (χ1n) is 7.59. The van der Waals surface area contributed by atoms with Crippen LogP contribution in [0.1, 0.15) is 10.4 Å². The third-order valence-corrected chi connectivity index (χ3v) is 3.90. The van der Waals surface area contributed by atoms with Gasteiger partial charge in [-0.1, -0.05) is 23.2 Å². The Morgan fingerprint density at radius 2 is 1.77 bits per heavy atom. The monoisotopic (exact) mass is 396 g/mol. The highest BCUT2D eigenvalue weighted by molar-refractivity contribution is 6.35. The van der Waals surface area contributed by atoms with Crippen molar-refractivity contribution in [2.45, 2.75) is 0 Å². The Morgan fingerprint density at radius 3 is 2.54 bits per heavy atom. The lowest BCUT2D eigenvalue weighted by Crippen LogP contribution is -2.43. The number of amides is 2. The minimum Gasteiger partial charge on any atom is -0.486 e. The molecule has 0 spiro atoms. The molecule has 3 rings (SSSR count). The molecule has 0 radical (unpaired) electrons. The molecule has 0 aliphatic carbocycles. The fourth-order valence-electron chi connectivity index (χ4n) is 2.15. The number of hydrogen-bond acceptors (Lipinski definition) is 5. The zero-order valence-corrected chi connectivity index (χ0v) is 14.9. The third-order valence-electron chi connectivity index (χ3n) is 3.37. The van der Waals surface area contributed by atoms with Gasteiger partial charge >= 0.3 is 0 Å². The van der Waals surface area contributed by atoms with Crippen LogP contribution in [0.3, 0.4) is 0 Å². The van der Waals surface area contributed by atoms with Crippen LogP contribution >= 0.6 is 23.2 Å². The summed E-state index contributed by atoms with van der Waals surface area (Å²) in [6.07, 6.45) is 0. The molecule has 0 unspecified atom stereocenters. The standard InChI is InChI=1S/C17H14Cl2N2O5/c18-11-2-4-13(12(19)8-11)26-9-16(22)20-21-17(23)10-1-3-14-15(7-10)25-6-5-24-14/h1-4,7-8H,5-6,9H2,(H,20,22)(H,21,23). The van der Waals surface area contributed by atoms with Gasteiger partial charge in [0.15, 0.2) is 18.1 Å². The Morgan fingerprint density at radius 1 is 1.00 bits per heavy atom. The first-order chi connectivity index (χ1) is 12.5. The second-order valence-electron chi connectivity index (χ2n) is 5.22. The van der Waals surface area contributed by atoms with E-state index in [-0.39, 0.29) is 11.6 Å². The van der Waals surface area contributed by atoms with Gasteiger partial charge < -0.3 is 14.2 Å². The molecule has 0 saturated heterocycles. The third kappa shape index (κ3) is 4.50. The van der Waals surface area contributed by atoms with Crippen LogP contribution in [0.2, 0.25) is 10.0 Å². The molecule has 0 bridgehead atoms. The van der Waals surface area contributed by atoms with Crippen molar-refractivity contribution in [3.8, 4) is 17.2 Å². The molecular weight excluding hydrogens is 383 g/mol. The number of rotatable bonds is 4. The minimum atomic E-state index is -0.554. The van der Waals surface area contributed by atoms with Crippen molar-refractivity contribution < 1.29 is 23.8 Å². The quantitative estimate of drug-likeness (QED) is 0.775. The van der Waals surface area contributed by atoms with E-state index < -0.39 is 11.8 Å². The maximum atomic E-state index is 12.1. The van der Waals surface area contributed by atoms with Crippen molar-refractivity contribution in [1.82, 2.24) is 10.9 Å². The molecule has 2 N–H and O–H groups in total. The van der Waals surface area contributed by atoms with Crippen molar-refractivity contribution >= 4 is 35.0 Å². The number of halogens is 2. The van der Waals surface area contributed by atoms with E-state index >= 15 is 0 Å². The summed E-state index contributed by atoms with van der Waals surface area (Å²) in [5, 5.41) is 0.740. The molecule has 2 amide bonds. The molecule has 0 fully saturated rings. The minimum absolute atomic E-state index is 0.283. The van der Waals surface area contributed by atoms with E-state index in [4.69, 9.17) is 37.4 Å². The Hall–Kier alpha value is -2.64. The molecule has 9 heteroatoms. The highest BCUT2D eigenvalue weighted by Gasteiger charge is 2.15. The van der Waals surface area contributed by atoms with Gasteiger partial charge in [-0.15, -0.1) is 0 Å². The molecule has 136 valence electrons. The van der Waals surface area contributed by atoms with Gasteiger partial charge in [0.25, 0.3) is 11.8 Å². The van der Waals surface area contributed by atoms with Gasteiger partial charge in [-0.25, -0.2) is 0 Å². The zero-order valence-electron chi connectivity index (χ0n) is 13.4. The number of hydrazine groups is 1. The Labute approximate surface area is 159 Å². The molecular formula is C17H14Cl2N2O5. The molecule has 7 nitrogen and oxygen atoms in total. The maximum Gasteiger partial charge on any atom is 0.276 e. The van der Waals surface area contributed by atoms with E-state index in [0.29, 0.717) is 41.0 Å². The van der Waals surface area contributed by atoms with Crippen molar-refractivity contribution in [3.63, 3.8) is 0 Å². The van der Waals surface area contributed by atoms with Crippen LogP contribution in [-0.4, -0.2) is 31.6 Å². The van der Waals surface area contributed by atoms with Crippen LogP contribution in [0.25, 0.3) is 0 Å². The molecule has 26 heavy (non-hydrogen) atoms. The van der Waals surface area contributed by atoms with Gasteiger partial charge in [0, 0.05) is 10.6 Å². The smallest absolute Gasteiger partial charge is 0.276 e. The van der Waals surface area contributed by atoms with Crippen LogP contribution in [0.4, 0.5) is 0 Å². The molecule has 0 aromatic heterocycles. The number of carbonyl (C=O) groups is 2. The summed E-state index contributed by atoms with van der Waals surface area (Å²) < 4.78 is 16.1. The summed E-state index contributed by atoms with van der Waals surface area (Å²) in [6, 6.07) is 9.38. The van der Waals surface area contributed by atoms with Gasteiger partial charge in [0.1, 0.15) is 19.0 Å². The van der Waals surface area contributed by atoms with Crippen LogP contribution in [0.15, 0.2) is 36.4 Å². The predicted octanol–water partition coefficient (Wildman–Crippen LogP) is 2.60. The lowest BCUT2D eigenvalue weighted by atomic mass is 10.2. The van der Waals surface area contributed by atoms with Crippen molar-refractivity contribution in [2.75, 3.05) is 19.8 Å². The van der Waals surface area contributed by atoms with Gasteiger partial charge in [-0.2, -0.15) is 0 Å². The second kappa shape index (κ2) is 8.16. The van der Waals surface area contributed by atoms with Gasteiger partial charge in [-0.3, -0.25) is 20.4 Å². The van der Waals surface area contributed by atoms with Crippen molar-refractivity contribution in [1.29, 1.82) is 0 Å². The lowest BCUT2D eigenvalue weighted by molar-refractivity contribution is -0.123. The average Bonchev–Trinajstić information content (AvgIpc) is 2.65. The summed E-state index contributed by atoms with van der Waals surface area (Å²) in [6.45, 7) is 0.550. The summed E-state index contributed by atoms with van der Waals surface area (Å²) in [7, 11) is 0. The first-order valence-corrected chi connectivity index (χ1v) is 8.35. The average molecular weight is 397 g/mol. The summed E-state index contributed by atoms with van der Waals surface area (Å²) >= 11 is 11.7. The van der Waals surface area contributed by atoms with E-state index in [0.717, 1.165) is 0 Å². The summed E-state index contributed by atoms with van der Waals surface area (Å²) in [4.78, 5) is 23.9. The van der Waals surface area contributed by atoms with Crippen LogP contribution in [0.5, 0.6) is 17.2 Å². The summed E-state index contributed by atoms with van der Waals surface area (Å²) in [5.74, 6) is 0.312. The molecule has 0 atom stereocenters. The first kappa shape index (κ1) is 18.2. The fourth-order valence-corrected chi connectivity index (χ4v) is 2.62. The highest BCUT2D eigenvalue weighted by Crippen LogP contribution is 2.30. The van der Waals surface area contributed by atoms with Gasteiger partial charge in [0.05, 0.1) is 5.02 Å². The Bertz CT molecular complexity index is 844. The van der Waals surface area contributed by atoms with E-state index in [1.807, 2.05) is 0 Å². The van der Waals surface area contributed by atoms with E-state index in [9.17, 15) is 9.59 Å². The topological polar surface area (TPSA) is 85.9 Å². The number of hydrogen-bond donors (Lipinski definition) is 2. The number of nitrogens with one attached hydrogen (secondary N) is 2. The number of carbonyl (C=O) groups excluding carboxylic acids is 2. The largest absolute Gasteiger partial charge is 0.486 e. The fraction of sp³-hybridized carbons (Fsp3) is 0.176. The van der Waals surface area contributed by atoms with Crippen LogP contribution in [0, 0.1) is 0 Å². The summed E-state index contributed by atoms with van der Waals surface area (Å²) in [5.41, 5.74) is 4.87. The SMILES string of the molecule is O=C(COc1ccc(Cl)cc1Cl)NNC(=O)c1ccc2c(c1)OCCO2. The molecule has 2 aromatic rings. The van der Waals surface area contributed by atoms with Crippen molar-refractivity contribution in [3.05, 3.63) is 52.0 Å².